The number of ether oxygens (including phenoxy) is 4. The van der Waals surface area contributed by atoms with E-state index in [1.165, 1.54) is 0 Å². The first-order chi connectivity index (χ1) is 9.49. The van der Waals surface area contributed by atoms with Gasteiger partial charge >= 0.3 is 0 Å². The van der Waals surface area contributed by atoms with E-state index in [0.717, 1.165) is 46.4 Å². The molecule has 0 rings (SSSR count). The molecule has 0 radical (unpaired) electrons. The van der Waals surface area contributed by atoms with Crippen LogP contribution in [0.5, 0.6) is 0 Å². The molecule has 0 fully saturated rings. The average Bonchev–Trinajstić information content (AvgIpc) is 2.45. The Morgan fingerprint density at radius 3 is 1.30 bits per heavy atom. The van der Waals surface area contributed by atoms with E-state index in [1.807, 2.05) is 0 Å². The van der Waals surface area contributed by atoms with Crippen molar-refractivity contribution in [3.63, 3.8) is 0 Å². The number of rotatable bonds is 12. The van der Waals surface area contributed by atoms with E-state index in [-0.39, 0.29) is 12.6 Å². The maximum Gasteiger partial charge on any atom is 0.156 e. The molecule has 0 bridgehead atoms. The third-order valence-electron chi connectivity index (χ3n) is 3.79. The van der Waals surface area contributed by atoms with Crippen molar-refractivity contribution in [1.29, 1.82) is 0 Å². The van der Waals surface area contributed by atoms with Crippen LogP contribution in [-0.2, 0) is 18.9 Å². The molecule has 122 valence electrons. The Labute approximate surface area is 130 Å². The molecule has 7 heteroatoms. The lowest BCUT2D eigenvalue weighted by Crippen LogP contribution is -2.29. The molecule has 0 heterocycles. The molecule has 20 heavy (non-hydrogen) atoms. The first kappa shape index (κ1) is 20.2. The average molecular weight is 324 g/mol. The van der Waals surface area contributed by atoms with Gasteiger partial charge in [0.05, 0.1) is 0 Å². The molecule has 0 spiro atoms. The predicted molar refractivity (Wildman–Crippen MR) is 89.7 cm³/mol. The largest absolute Gasteiger partial charge is 0.356 e. The summed E-state index contributed by atoms with van der Waals surface area (Å²) in [6.07, 6.45) is 2.15. The van der Waals surface area contributed by atoms with Crippen molar-refractivity contribution in [1.82, 2.24) is 4.90 Å². The Morgan fingerprint density at radius 2 is 1.05 bits per heavy atom. The molecule has 5 nitrogen and oxygen atoms in total. The number of nitrogens with zero attached hydrogens (tertiary/aromatic N) is 1. The van der Waals surface area contributed by atoms with Crippen LogP contribution in [0.2, 0.25) is 11.1 Å². The quantitative estimate of drug-likeness (QED) is 0.349. The Balaban J connectivity index is 3.91. The van der Waals surface area contributed by atoms with Gasteiger partial charge in [-0.3, -0.25) is 0 Å². The molecule has 0 saturated heterocycles. The summed E-state index contributed by atoms with van der Waals surface area (Å²) < 4.78 is 21.3. The van der Waals surface area contributed by atoms with Crippen LogP contribution in [0.25, 0.3) is 0 Å². The van der Waals surface area contributed by atoms with Gasteiger partial charge in [-0.2, -0.15) is 0 Å². The van der Waals surface area contributed by atoms with Crippen LogP contribution >= 0.6 is 0 Å². The first-order valence-corrected chi connectivity index (χ1v) is 9.60. The maximum atomic E-state index is 5.32. The fourth-order valence-electron chi connectivity index (χ4n) is 2.35. The van der Waals surface area contributed by atoms with Gasteiger partial charge in [-0.05, 0) is 44.1 Å². The fourth-order valence-corrected chi connectivity index (χ4v) is 3.96. The topological polar surface area (TPSA) is 40.2 Å². The van der Waals surface area contributed by atoms with Crippen LogP contribution < -0.4 is 0 Å². The fraction of sp³-hybridized carbons (Fsp3) is 1.00. The van der Waals surface area contributed by atoms with E-state index in [9.17, 15) is 0 Å². The minimum Gasteiger partial charge on any atom is -0.356 e. The van der Waals surface area contributed by atoms with Crippen LogP contribution in [0.3, 0.4) is 0 Å². The van der Waals surface area contributed by atoms with Crippen LogP contribution in [-0.4, -0.2) is 86.5 Å². The van der Waals surface area contributed by atoms with Gasteiger partial charge in [0, 0.05) is 48.9 Å². The lowest BCUT2D eigenvalue weighted by molar-refractivity contribution is -0.107. The van der Waals surface area contributed by atoms with Gasteiger partial charge in [0.15, 0.2) is 12.6 Å². The summed E-state index contributed by atoms with van der Waals surface area (Å²) in [6, 6.07) is 0. The smallest absolute Gasteiger partial charge is 0.156 e. The van der Waals surface area contributed by atoms with Gasteiger partial charge in [0.1, 0.15) is 0 Å². The molecule has 0 aliphatic rings. The normalized spacial score (nSPS) is 15.6. The van der Waals surface area contributed by atoms with Crippen LogP contribution in [0.1, 0.15) is 12.8 Å². The van der Waals surface area contributed by atoms with Crippen molar-refractivity contribution >= 4 is 20.5 Å². The summed E-state index contributed by atoms with van der Waals surface area (Å²) in [5.41, 5.74) is 1.06. The van der Waals surface area contributed by atoms with Gasteiger partial charge in [0.25, 0.3) is 0 Å². The van der Waals surface area contributed by atoms with E-state index < -0.39 is 0 Å². The Kier molecular flexibility index (Phi) is 12.0. The highest BCUT2D eigenvalue weighted by atomic mass is 28.1. The second kappa shape index (κ2) is 11.8. The Morgan fingerprint density at radius 1 is 0.750 bits per heavy atom. The lowest BCUT2D eigenvalue weighted by atomic mass is 10.2. The summed E-state index contributed by atoms with van der Waals surface area (Å²) in [5.74, 6) is 0. The van der Waals surface area contributed by atoms with Gasteiger partial charge in [0.2, 0.25) is 0 Å². The summed E-state index contributed by atoms with van der Waals surface area (Å²) in [6.45, 7) is 2.16. The standard InChI is InChI=1S/C13H33NO4Si2/c1-14(8-6-10(19)12(15-2)16-3)9-7-11(20)13(17-4)18-5/h10-13H,6-9H2,1-5,19-20H3. The molecule has 0 amide bonds. The van der Waals surface area contributed by atoms with E-state index in [2.05, 4.69) is 11.9 Å². The Hall–Kier alpha value is 0.234. The van der Waals surface area contributed by atoms with E-state index in [1.54, 1.807) is 28.4 Å². The minimum absolute atomic E-state index is 0.0484. The number of methoxy groups -OCH3 is 4. The highest BCUT2D eigenvalue weighted by Crippen LogP contribution is 2.18. The monoisotopic (exact) mass is 323 g/mol. The molecule has 0 aliphatic carbocycles. The molecular formula is C13H33NO4Si2. The second-order valence-corrected chi connectivity index (χ2v) is 8.48. The van der Waals surface area contributed by atoms with Crippen molar-refractivity contribution in [2.45, 2.75) is 36.5 Å². The van der Waals surface area contributed by atoms with E-state index >= 15 is 0 Å². The predicted octanol–water partition coefficient (Wildman–Crippen LogP) is -0.756. The SMILES string of the molecule is COC(OC)C([SiH3])CCN(C)CCC([SiH3])C(OC)OC. The van der Waals surface area contributed by atoms with Crippen LogP contribution in [0, 0.1) is 0 Å². The lowest BCUT2D eigenvalue weighted by Gasteiger charge is -2.26. The molecule has 0 aromatic rings. The van der Waals surface area contributed by atoms with Gasteiger partial charge < -0.3 is 23.8 Å². The van der Waals surface area contributed by atoms with Gasteiger partial charge in [-0.15, -0.1) is 0 Å². The zero-order chi connectivity index (χ0) is 15.5. The summed E-state index contributed by atoms with van der Waals surface area (Å²) in [7, 11) is 11.2. The van der Waals surface area contributed by atoms with Crippen molar-refractivity contribution in [2.75, 3.05) is 48.6 Å². The molecule has 2 unspecified atom stereocenters. The highest BCUT2D eigenvalue weighted by Gasteiger charge is 2.18. The summed E-state index contributed by atoms with van der Waals surface area (Å²) in [5, 5.41) is 0. The van der Waals surface area contributed by atoms with Crippen molar-refractivity contribution in [2.24, 2.45) is 0 Å². The number of hydrogen-bond acceptors (Lipinski definition) is 5. The van der Waals surface area contributed by atoms with Gasteiger partial charge in [-0.1, -0.05) is 0 Å². The first-order valence-electron chi connectivity index (χ1n) is 7.29. The third kappa shape index (κ3) is 7.87. The van der Waals surface area contributed by atoms with Crippen molar-refractivity contribution in [3.8, 4) is 0 Å². The Bertz CT molecular complexity index is 206. The van der Waals surface area contributed by atoms with Crippen molar-refractivity contribution < 1.29 is 18.9 Å². The maximum absolute atomic E-state index is 5.32. The van der Waals surface area contributed by atoms with Crippen molar-refractivity contribution in [3.05, 3.63) is 0 Å². The van der Waals surface area contributed by atoms with Gasteiger partial charge in [-0.25, -0.2) is 0 Å². The third-order valence-corrected chi connectivity index (χ3v) is 6.03. The number of hydrogen-bond donors (Lipinski definition) is 0. The minimum atomic E-state index is -0.0484. The molecule has 0 aliphatic heterocycles. The molecule has 0 N–H and O–H groups in total. The summed E-state index contributed by atoms with van der Waals surface area (Å²) in [4.78, 5) is 2.38. The van der Waals surface area contributed by atoms with Crippen LogP contribution in [0.15, 0.2) is 0 Å². The zero-order valence-corrected chi connectivity index (χ0v) is 18.2. The molecule has 0 saturated carbocycles. The zero-order valence-electron chi connectivity index (χ0n) is 14.2. The van der Waals surface area contributed by atoms with Crippen LogP contribution in [0.4, 0.5) is 0 Å². The molecule has 0 aromatic heterocycles. The molecule has 0 aromatic carbocycles. The summed E-state index contributed by atoms with van der Waals surface area (Å²) >= 11 is 0. The second-order valence-electron chi connectivity index (χ2n) is 5.51. The molecular weight excluding hydrogens is 290 g/mol. The highest BCUT2D eigenvalue weighted by molar-refractivity contribution is 6.12. The van der Waals surface area contributed by atoms with E-state index in [4.69, 9.17) is 18.9 Å². The van der Waals surface area contributed by atoms with E-state index in [0.29, 0.717) is 11.1 Å². The molecule has 2 atom stereocenters.